The molecule has 0 N–H and O–H groups in total. The number of hydrogen-bond donors (Lipinski definition) is 0. The van der Waals surface area contributed by atoms with Gasteiger partial charge in [-0.05, 0) is 0 Å². The van der Waals surface area contributed by atoms with Crippen LogP contribution in [-0.2, 0) is 38.5 Å². The van der Waals surface area contributed by atoms with Gasteiger partial charge in [0.25, 0.3) is 0 Å². The fourth-order valence-electron chi connectivity index (χ4n) is 6.63. The number of hydrogen-bond acceptors (Lipinski definition) is 0. The van der Waals surface area contributed by atoms with Gasteiger partial charge >= 0.3 is 263 Å². The Morgan fingerprint density at radius 2 is 1.20 bits per heavy atom. The molecule has 0 aliphatic heterocycles. The molecule has 44 heavy (non-hydrogen) atoms. The van der Waals surface area contributed by atoms with E-state index in [0.717, 1.165) is 12.8 Å². The average Bonchev–Trinajstić information content (AvgIpc) is 3.62. The Morgan fingerprint density at radius 1 is 0.682 bits per heavy atom. The monoisotopic (exact) mass is 696 g/mol. The average molecular weight is 699 g/mol. The molecule has 4 aromatic carbocycles. The molecule has 226 valence electrons. The molecule has 0 amide bonds. The van der Waals surface area contributed by atoms with Gasteiger partial charge in [-0.3, -0.25) is 0 Å². The Hall–Kier alpha value is -2.31. The molecule has 0 bridgehead atoms. The summed E-state index contributed by atoms with van der Waals surface area (Å²) in [5.41, 5.74) is 13.3. The van der Waals surface area contributed by atoms with Gasteiger partial charge < -0.3 is 24.8 Å². The molecule has 0 unspecified atom stereocenters. The quantitative estimate of drug-likeness (QED) is 0.285. The van der Waals surface area contributed by atoms with Crippen LogP contribution in [0, 0.1) is 0 Å². The summed E-state index contributed by atoms with van der Waals surface area (Å²) in [4.78, 5) is 0. The van der Waals surface area contributed by atoms with Gasteiger partial charge in [-0.2, -0.15) is 0 Å². The van der Waals surface area contributed by atoms with Crippen molar-refractivity contribution in [2.75, 3.05) is 0 Å². The van der Waals surface area contributed by atoms with Crippen LogP contribution in [0.4, 0.5) is 0 Å². The van der Waals surface area contributed by atoms with E-state index >= 15 is 0 Å². The molecular weight excluding hydrogens is 655 g/mol. The summed E-state index contributed by atoms with van der Waals surface area (Å²) in [6.45, 7) is 16.4. The Balaban J connectivity index is 0.00000221. The molecule has 0 heterocycles. The molecule has 2 aliphatic carbocycles. The third-order valence-electron chi connectivity index (χ3n) is 9.14. The van der Waals surface area contributed by atoms with Crippen LogP contribution in [0.25, 0.3) is 11.1 Å². The minimum Gasteiger partial charge on any atom is -1.00 e. The predicted octanol–water partition coefficient (Wildman–Crippen LogP) is 4.65. The van der Waals surface area contributed by atoms with Crippen molar-refractivity contribution in [2.24, 2.45) is 0 Å². The number of halogens is 2. The summed E-state index contributed by atoms with van der Waals surface area (Å²) in [7, 11) is 0. The van der Waals surface area contributed by atoms with Gasteiger partial charge in [-0.15, -0.1) is 0 Å². The molecule has 0 fully saturated rings. The van der Waals surface area contributed by atoms with Crippen molar-refractivity contribution in [1.82, 2.24) is 0 Å². The van der Waals surface area contributed by atoms with Crippen LogP contribution < -0.4 is 24.8 Å². The van der Waals surface area contributed by atoms with E-state index in [1.807, 2.05) is 0 Å². The fourth-order valence-corrected chi connectivity index (χ4v) is 15.6. The van der Waals surface area contributed by atoms with E-state index < -0.39 is 21.3 Å². The van der Waals surface area contributed by atoms with Gasteiger partial charge in [0.05, 0.1) is 0 Å². The van der Waals surface area contributed by atoms with Crippen LogP contribution in [0.3, 0.4) is 0 Å². The van der Waals surface area contributed by atoms with E-state index in [9.17, 15) is 0 Å². The second kappa shape index (κ2) is 13.6. The summed E-state index contributed by atoms with van der Waals surface area (Å²) in [5, 5.41) is 0. The second-order valence-corrected chi connectivity index (χ2v) is 20.3. The molecule has 3 heteroatoms. The van der Waals surface area contributed by atoms with Gasteiger partial charge in [0.1, 0.15) is 0 Å². The van der Waals surface area contributed by atoms with Crippen LogP contribution in [0.2, 0.25) is 0 Å². The van der Waals surface area contributed by atoms with Crippen LogP contribution >= 0.6 is 0 Å². The number of aryl methyl sites for hydroxylation is 1. The summed E-state index contributed by atoms with van der Waals surface area (Å²) < 4.78 is 3.75. The minimum atomic E-state index is -2.69. The largest absolute Gasteiger partial charge is 1.00 e. The Morgan fingerprint density at radius 3 is 1.66 bits per heavy atom. The number of fused-ring (bicyclic) bond motifs is 3. The van der Waals surface area contributed by atoms with Crippen molar-refractivity contribution in [2.45, 2.75) is 75.8 Å². The first-order chi connectivity index (χ1) is 20.1. The van der Waals surface area contributed by atoms with Crippen molar-refractivity contribution in [3.05, 3.63) is 151 Å². The van der Waals surface area contributed by atoms with Crippen LogP contribution in [-0.4, -0.2) is 3.21 Å². The second-order valence-electron chi connectivity index (χ2n) is 14.1. The topological polar surface area (TPSA) is 0 Å². The van der Waals surface area contributed by atoms with Crippen molar-refractivity contribution < 1.29 is 46.1 Å². The normalized spacial score (nSPS) is 14.2. The van der Waals surface area contributed by atoms with E-state index in [0.29, 0.717) is 3.63 Å². The molecule has 6 rings (SSSR count). The number of benzene rings is 4. The zero-order valence-electron chi connectivity index (χ0n) is 27.1. The molecule has 0 atom stereocenters. The van der Waals surface area contributed by atoms with Gasteiger partial charge in [0.2, 0.25) is 0 Å². The third kappa shape index (κ3) is 6.63. The van der Waals surface area contributed by atoms with E-state index in [1.54, 1.807) is 17.6 Å². The summed E-state index contributed by atoms with van der Waals surface area (Å²) in [6.07, 6.45) is 9.32. The Kier molecular flexibility index (Phi) is 10.7. The van der Waals surface area contributed by atoms with Crippen molar-refractivity contribution >= 4 is 3.21 Å². The first-order valence-electron chi connectivity index (χ1n) is 15.6. The van der Waals surface area contributed by atoms with E-state index in [2.05, 4.69) is 158 Å². The molecule has 0 spiro atoms. The van der Waals surface area contributed by atoms with Crippen molar-refractivity contribution in [1.29, 1.82) is 0 Å². The Labute approximate surface area is 285 Å². The van der Waals surface area contributed by atoms with Crippen LogP contribution in [0.1, 0.15) is 97.5 Å². The zero-order valence-corrected chi connectivity index (χ0v) is 31.1. The zero-order chi connectivity index (χ0) is 29.6. The molecule has 0 aromatic heterocycles. The first kappa shape index (κ1) is 34.6. The number of allylic oxidation sites excluding steroid dienone is 4. The summed E-state index contributed by atoms with van der Waals surface area (Å²) in [5.74, 6) is 0. The molecule has 0 nitrogen and oxygen atoms in total. The van der Waals surface area contributed by atoms with E-state index in [1.165, 1.54) is 38.9 Å². The van der Waals surface area contributed by atoms with Crippen molar-refractivity contribution in [3.8, 4) is 11.1 Å². The molecule has 0 radical (unpaired) electrons. The maximum atomic E-state index is 2.59. The molecular formula is C41H44Cl2Zr. The van der Waals surface area contributed by atoms with Gasteiger partial charge in [0.15, 0.2) is 0 Å². The van der Waals surface area contributed by atoms with Crippen LogP contribution in [0.5, 0.6) is 0 Å². The van der Waals surface area contributed by atoms with Crippen LogP contribution in [0.15, 0.2) is 113 Å². The van der Waals surface area contributed by atoms with E-state index in [-0.39, 0.29) is 35.6 Å². The molecule has 0 saturated carbocycles. The molecule has 0 saturated heterocycles. The Bertz CT molecular complexity index is 1660. The van der Waals surface area contributed by atoms with Gasteiger partial charge in [-0.1, -0.05) is 0 Å². The standard InChI is InChI=1S/C21H25.C15H14.C5H5.2ClH.Zr/c1-20(2,3)16-7-9-18-14(12-16)11-15-13-17(21(4,5)6)8-10-19(15)18;1-2-13-8-10-15(11-9-13)12-14-6-4-3-5-7-14;1-2-4-5-3-1;;;/h7-13H,1-6H3;3-11H,2H2,1H3;1-3H,4H2;2*1H;/q;;;;;+2/p-2. The predicted molar refractivity (Wildman–Crippen MR) is 178 cm³/mol. The fraction of sp³-hybridized carbons (Fsp3) is 0.293. The third-order valence-corrected chi connectivity index (χ3v) is 17.4. The maximum Gasteiger partial charge on any atom is -1.00 e. The maximum absolute atomic E-state index is 2.69. The van der Waals surface area contributed by atoms with Gasteiger partial charge in [0, 0.05) is 0 Å². The van der Waals surface area contributed by atoms with Gasteiger partial charge in [-0.25, -0.2) is 0 Å². The summed E-state index contributed by atoms with van der Waals surface area (Å²) >= 11 is -2.69. The molecule has 4 aromatic rings. The SMILES string of the molecule is CCc1ccc(/[C](c2ccccc2)=[Zr+2](\[C]2=CC=CC2)[CH]2c3cc(C(C)(C)C)ccc3-c3ccc(C(C)(C)C)cc32)cc1.[Cl-].[Cl-]. The smallest absolute Gasteiger partial charge is 1.00 e. The minimum absolute atomic E-state index is 0. The first-order valence-corrected chi connectivity index (χ1v) is 19.5. The molecule has 2 aliphatic rings. The summed E-state index contributed by atoms with van der Waals surface area (Å²) in [6, 6.07) is 35.7. The number of rotatable bonds is 5. The van der Waals surface area contributed by atoms with E-state index in [4.69, 9.17) is 0 Å². The van der Waals surface area contributed by atoms with Crippen molar-refractivity contribution in [3.63, 3.8) is 0 Å².